The summed E-state index contributed by atoms with van der Waals surface area (Å²) in [6, 6.07) is 14.6. The van der Waals surface area contributed by atoms with Crippen LogP contribution in [0.4, 0.5) is 5.69 Å². The quantitative estimate of drug-likeness (QED) is 0.356. The molecule has 182 valence electrons. The van der Waals surface area contributed by atoms with Gasteiger partial charge in [-0.2, -0.15) is 5.10 Å². The Kier molecular flexibility index (Phi) is 6.03. The van der Waals surface area contributed by atoms with Crippen molar-refractivity contribution in [2.75, 3.05) is 5.32 Å². The lowest BCUT2D eigenvalue weighted by molar-refractivity contribution is 0.101. The van der Waals surface area contributed by atoms with Gasteiger partial charge in [0.2, 0.25) is 5.75 Å². The van der Waals surface area contributed by atoms with E-state index in [1.54, 1.807) is 10.7 Å². The second kappa shape index (κ2) is 9.31. The Morgan fingerprint density at radius 3 is 2.64 bits per heavy atom. The molecule has 10 nitrogen and oxygen atoms in total. The second-order valence-corrected chi connectivity index (χ2v) is 8.73. The maximum atomic E-state index is 12.9. The predicted octanol–water partition coefficient (Wildman–Crippen LogP) is 4.12. The molecule has 0 radical (unpaired) electrons. The Morgan fingerprint density at radius 2 is 1.92 bits per heavy atom. The maximum absolute atomic E-state index is 12.9. The zero-order chi connectivity index (χ0) is 25.4. The monoisotopic (exact) mass is 504 g/mol. The number of amides is 1. The molecule has 11 heteroatoms. The van der Waals surface area contributed by atoms with Crippen LogP contribution >= 0.6 is 11.6 Å². The minimum atomic E-state index is -0.777. The summed E-state index contributed by atoms with van der Waals surface area (Å²) in [5.74, 6) is -1.78. The molecule has 36 heavy (non-hydrogen) atoms. The number of fused-ring (bicyclic) bond motifs is 1. The molecular weight excluding hydrogens is 484 g/mol. The number of rotatable bonds is 6. The van der Waals surface area contributed by atoms with E-state index in [-0.39, 0.29) is 11.5 Å². The number of halogens is 1. The summed E-state index contributed by atoms with van der Waals surface area (Å²) < 4.78 is 7.73. The molecule has 5 rings (SSSR count). The van der Waals surface area contributed by atoms with Crippen LogP contribution in [0.1, 0.15) is 40.8 Å². The van der Waals surface area contributed by atoms with Crippen LogP contribution in [0.2, 0.25) is 5.02 Å². The zero-order valence-corrected chi connectivity index (χ0v) is 20.0. The Hall–Kier alpha value is -4.44. The normalized spacial score (nSPS) is 13.0. The first-order valence-electron chi connectivity index (χ1n) is 11.0. The first kappa shape index (κ1) is 23.3. The number of hydrogen-bond donors (Lipinski definition) is 2. The van der Waals surface area contributed by atoms with E-state index in [0.717, 1.165) is 16.5 Å². The third kappa shape index (κ3) is 4.11. The zero-order valence-electron chi connectivity index (χ0n) is 19.3. The van der Waals surface area contributed by atoms with Gasteiger partial charge in [0.25, 0.3) is 11.5 Å². The van der Waals surface area contributed by atoms with Gasteiger partial charge in [-0.1, -0.05) is 60.1 Å². The molecule has 0 saturated heterocycles. The van der Waals surface area contributed by atoms with Crippen molar-refractivity contribution in [3.63, 3.8) is 0 Å². The number of carbonyl (C=O) groups is 1. The molecule has 0 aliphatic carbocycles. The number of carbonyl (C=O) groups excluding carboxylic acids is 1. The van der Waals surface area contributed by atoms with Gasteiger partial charge >= 0.3 is 0 Å². The van der Waals surface area contributed by atoms with E-state index in [0.29, 0.717) is 5.02 Å². The molecule has 0 aliphatic heterocycles. The topological polar surface area (TPSA) is 128 Å². The van der Waals surface area contributed by atoms with Gasteiger partial charge in [-0.25, -0.2) is 4.98 Å². The fourth-order valence-corrected chi connectivity index (χ4v) is 4.50. The number of hydrogen-bond acceptors (Lipinski definition) is 7. The number of nitrogens with zero attached hydrogens (tertiary/aromatic N) is 5. The summed E-state index contributed by atoms with van der Waals surface area (Å²) in [6.07, 6.45) is 4.41. The van der Waals surface area contributed by atoms with E-state index in [1.165, 1.54) is 24.1 Å². The van der Waals surface area contributed by atoms with Crippen molar-refractivity contribution in [1.82, 2.24) is 24.5 Å². The molecule has 0 fully saturated rings. The van der Waals surface area contributed by atoms with Crippen molar-refractivity contribution in [3.05, 3.63) is 99.6 Å². The first-order chi connectivity index (χ1) is 17.3. The number of nitrogens with one attached hydrogen (secondary N) is 1. The van der Waals surface area contributed by atoms with E-state index < -0.39 is 34.9 Å². The van der Waals surface area contributed by atoms with E-state index in [1.807, 2.05) is 55.6 Å². The number of anilines is 1. The highest BCUT2D eigenvalue weighted by molar-refractivity contribution is 6.31. The fraction of sp³-hybridized carbons (Fsp3) is 0.160. The minimum absolute atomic E-state index is 0.258. The van der Waals surface area contributed by atoms with Gasteiger partial charge in [0.05, 0.1) is 17.8 Å². The molecular formula is C25H21ClN6O4. The smallest absolute Gasteiger partial charge is 0.296 e. The standard InChI is InChI=1S/C25H21ClN6O4/c1-14(23-29-20(22(33)25(35)31(23)2)24(34)28-16-11-27-36-13-16)21(17-8-4-5-9-18(17)26)32-12-15-7-3-6-10-19(15)30-32/h3-14,21,33H,1-2H3,(H,28,34)/t14-,21+/m1/s1. The third-order valence-electron chi connectivity index (χ3n) is 6.03. The largest absolute Gasteiger partial charge is 0.501 e. The SMILES string of the molecule is C[C@@H](c1nc(C(=O)Nc2cnoc2)c(O)c(=O)n1C)[C@@H](c1ccccc1Cl)n1cc2ccccc2n1. The minimum Gasteiger partial charge on any atom is -0.501 e. The Morgan fingerprint density at radius 1 is 1.17 bits per heavy atom. The average molecular weight is 505 g/mol. The van der Waals surface area contributed by atoms with Gasteiger partial charge in [-0.15, -0.1) is 0 Å². The Bertz CT molecular complexity index is 1590. The molecule has 2 N–H and O–H groups in total. The van der Waals surface area contributed by atoms with Crippen LogP contribution in [-0.4, -0.2) is 35.5 Å². The Balaban J connectivity index is 1.65. The third-order valence-corrected chi connectivity index (χ3v) is 6.37. The highest BCUT2D eigenvalue weighted by atomic mass is 35.5. The number of benzene rings is 2. The van der Waals surface area contributed by atoms with E-state index >= 15 is 0 Å². The molecule has 1 amide bonds. The molecule has 0 saturated carbocycles. The summed E-state index contributed by atoms with van der Waals surface area (Å²) in [5, 5.41) is 22.7. The van der Waals surface area contributed by atoms with Crippen molar-refractivity contribution in [2.45, 2.75) is 18.9 Å². The molecule has 0 bridgehead atoms. The molecule has 3 heterocycles. The van der Waals surface area contributed by atoms with Crippen molar-refractivity contribution in [1.29, 1.82) is 0 Å². The highest BCUT2D eigenvalue weighted by Gasteiger charge is 2.31. The number of aromatic nitrogens is 5. The van der Waals surface area contributed by atoms with Crippen LogP contribution in [0, 0.1) is 0 Å². The van der Waals surface area contributed by atoms with Crippen LogP contribution in [0.25, 0.3) is 10.9 Å². The van der Waals surface area contributed by atoms with Gasteiger partial charge in [0.15, 0.2) is 5.69 Å². The van der Waals surface area contributed by atoms with E-state index in [9.17, 15) is 14.7 Å². The molecule has 2 aromatic carbocycles. The molecule has 2 atom stereocenters. The average Bonchev–Trinajstić information content (AvgIpc) is 3.53. The van der Waals surface area contributed by atoms with Gasteiger partial charge in [0, 0.05) is 29.6 Å². The molecule has 3 aromatic heterocycles. The summed E-state index contributed by atoms with van der Waals surface area (Å²) in [7, 11) is 1.49. The predicted molar refractivity (Wildman–Crippen MR) is 133 cm³/mol. The maximum Gasteiger partial charge on any atom is 0.296 e. The lowest BCUT2D eigenvalue weighted by atomic mass is 9.93. The highest BCUT2D eigenvalue weighted by Crippen LogP contribution is 2.37. The molecule has 5 aromatic rings. The van der Waals surface area contributed by atoms with E-state index in [2.05, 4.69) is 15.5 Å². The molecule has 0 spiro atoms. The van der Waals surface area contributed by atoms with Crippen molar-refractivity contribution >= 4 is 34.1 Å². The lowest BCUT2D eigenvalue weighted by Gasteiger charge is -2.27. The van der Waals surface area contributed by atoms with Gasteiger partial charge < -0.3 is 14.9 Å². The van der Waals surface area contributed by atoms with Crippen LogP contribution < -0.4 is 10.9 Å². The van der Waals surface area contributed by atoms with Crippen molar-refractivity contribution < 1.29 is 14.4 Å². The van der Waals surface area contributed by atoms with Gasteiger partial charge in [0.1, 0.15) is 17.8 Å². The van der Waals surface area contributed by atoms with Crippen LogP contribution in [0.3, 0.4) is 0 Å². The van der Waals surface area contributed by atoms with Crippen molar-refractivity contribution in [2.24, 2.45) is 7.05 Å². The summed E-state index contributed by atoms with van der Waals surface area (Å²) in [6.45, 7) is 1.86. The summed E-state index contributed by atoms with van der Waals surface area (Å²) in [5.41, 5.74) is 0.643. The molecule has 0 unspecified atom stereocenters. The van der Waals surface area contributed by atoms with Crippen LogP contribution in [-0.2, 0) is 7.05 Å². The second-order valence-electron chi connectivity index (χ2n) is 8.32. The van der Waals surface area contributed by atoms with E-state index in [4.69, 9.17) is 21.2 Å². The summed E-state index contributed by atoms with van der Waals surface area (Å²) >= 11 is 6.61. The van der Waals surface area contributed by atoms with Crippen LogP contribution in [0.15, 0.2) is 76.5 Å². The van der Waals surface area contributed by atoms with Crippen LogP contribution in [0.5, 0.6) is 5.75 Å². The van der Waals surface area contributed by atoms with Gasteiger partial charge in [-0.05, 0) is 17.7 Å². The Labute approximate surface area is 209 Å². The molecule has 0 aliphatic rings. The fourth-order valence-electron chi connectivity index (χ4n) is 4.25. The van der Waals surface area contributed by atoms with Gasteiger partial charge in [-0.3, -0.25) is 18.8 Å². The van der Waals surface area contributed by atoms with Crippen molar-refractivity contribution in [3.8, 4) is 5.75 Å². The number of aromatic hydroxyl groups is 1. The lowest BCUT2D eigenvalue weighted by Crippen LogP contribution is -2.30. The summed E-state index contributed by atoms with van der Waals surface area (Å²) in [4.78, 5) is 30.2. The first-order valence-corrected chi connectivity index (χ1v) is 11.4.